The zero-order valence-corrected chi connectivity index (χ0v) is 21.0. The van der Waals surface area contributed by atoms with Gasteiger partial charge < -0.3 is 9.64 Å². The van der Waals surface area contributed by atoms with Gasteiger partial charge in [-0.3, -0.25) is 9.80 Å². The lowest BCUT2D eigenvalue weighted by atomic mass is 9.61. The van der Waals surface area contributed by atoms with E-state index in [0.29, 0.717) is 24.0 Å². The van der Waals surface area contributed by atoms with Gasteiger partial charge in [0.05, 0.1) is 22.3 Å². The largest absolute Gasteiger partial charge is 0.446 e. The molecule has 3 aliphatic rings. The van der Waals surface area contributed by atoms with Crippen molar-refractivity contribution in [1.82, 2.24) is 14.8 Å². The molecule has 1 aromatic heterocycles. The number of halogens is 1. The Balaban J connectivity index is 1.00. The summed E-state index contributed by atoms with van der Waals surface area (Å²) in [6, 6.07) is 15.3. The summed E-state index contributed by atoms with van der Waals surface area (Å²) in [4.78, 5) is 24.3. The van der Waals surface area contributed by atoms with Gasteiger partial charge in [-0.2, -0.15) is 0 Å². The van der Waals surface area contributed by atoms with Gasteiger partial charge in [-0.1, -0.05) is 41.7 Å². The summed E-state index contributed by atoms with van der Waals surface area (Å²) in [5.74, 6) is -0.271. The van der Waals surface area contributed by atoms with E-state index < -0.39 is 0 Å². The number of carbonyl (C=O) groups excluding carboxylic acids is 1. The number of nitrogens with zero attached hydrogens (tertiary/aromatic N) is 4. The van der Waals surface area contributed by atoms with Crippen LogP contribution in [0.4, 0.5) is 14.3 Å². The molecule has 184 valence electrons. The quantitative estimate of drug-likeness (QED) is 0.503. The lowest BCUT2D eigenvalue weighted by Crippen LogP contribution is -2.64. The number of ether oxygens (including phenoxy) is 1. The maximum atomic E-state index is 13.6. The first-order chi connectivity index (χ1) is 16.9. The maximum absolute atomic E-state index is 13.6. The standard InChI is InChI=1S/C27H31FN4O2S/c1-18-13-31(25-29-23-10-21(28)8-9-24(23)35-25)14-19(2)32(18)26(33)34-22-11-27(12-22)16-30(17-27)15-20-6-4-3-5-7-20/h3-10,18-19,22H,11-17H2,1-2H3/t18-,19-/m1/s1. The zero-order chi connectivity index (χ0) is 24.2. The Labute approximate surface area is 209 Å². The van der Waals surface area contributed by atoms with Crippen LogP contribution in [0.5, 0.6) is 0 Å². The van der Waals surface area contributed by atoms with Crippen molar-refractivity contribution < 1.29 is 13.9 Å². The molecule has 2 aliphatic heterocycles. The van der Waals surface area contributed by atoms with E-state index in [1.54, 1.807) is 17.4 Å². The SMILES string of the molecule is C[C@@H]1CN(c2nc3cc(F)ccc3s2)C[C@@H](C)N1C(=O)OC1CC2(C1)CN(Cc1ccccc1)C2. The summed E-state index contributed by atoms with van der Waals surface area (Å²) < 4.78 is 20.5. The molecular formula is C27H31FN4O2S. The third-order valence-electron chi connectivity index (χ3n) is 7.69. The molecule has 2 aromatic carbocycles. The minimum absolute atomic E-state index is 0.00843. The molecule has 1 saturated carbocycles. The van der Waals surface area contributed by atoms with E-state index in [4.69, 9.17) is 4.74 Å². The van der Waals surface area contributed by atoms with Crippen LogP contribution in [0.2, 0.25) is 0 Å². The molecule has 1 amide bonds. The van der Waals surface area contributed by atoms with Gasteiger partial charge in [0.15, 0.2) is 5.13 Å². The average Bonchev–Trinajstić information content (AvgIpc) is 3.19. The number of benzene rings is 2. The highest BCUT2D eigenvalue weighted by molar-refractivity contribution is 7.22. The normalized spacial score (nSPS) is 24.4. The number of carbonyl (C=O) groups is 1. The van der Waals surface area contributed by atoms with E-state index in [2.05, 4.69) is 59.0 Å². The second-order valence-corrected chi connectivity index (χ2v) is 11.7. The molecule has 3 aromatic rings. The third-order valence-corrected chi connectivity index (χ3v) is 8.79. The lowest BCUT2D eigenvalue weighted by Gasteiger charge is -2.58. The highest BCUT2D eigenvalue weighted by Gasteiger charge is 2.54. The number of anilines is 1. The van der Waals surface area contributed by atoms with Gasteiger partial charge in [0, 0.05) is 44.2 Å². The summed E-state index contributed by atoms with van der Waals surface area (Å²) in [5, 5.41) is 0.878. The molecule has 0 unspecified atom stereocenters. The Kier molecular flexibility index (Phi) is 5.68. The van der Waals surface area contributed by atoms with Crippen LogP contribution in [-0.4, -0.2) is 65.2 Å². The van der Waals surface area contributed by atoms with E-state index in [1.807, 2.05) is 4.90 Å². The number of piperazine rings is 1. The van der Waals surface area contributed by atoms with Crippen molar-refractivity contribution in [3.8, 4) is 0 Å². The summed E-state index contributed by atoms with van der Waals surface area (Å²) in [6.45, 7) is 8.67. The molecule has 8 heteroatoms. The molecular weight excluding hydrogens is 463 g/mol. The smallest absolute Gasteiger partial charge is 0.410 e. The fourth-order valence-corrected chi connectivity index (χ4v) is 7.13. The fraction of sp³-hybridized carbons (Fsp3) is 0.481. The second kappa shape index (κ2) is 8.75. The Bertz CT molecular complexity index is 1210. The van der Waals surface area contributed by atoms with Gasteiger partial charge in [0.2, 0.25) is 0 Å². The van der Waals surface area contributed by atoms with E-state index in [0.717, 1.165) is 42.3 Å². The first-order valence-electron chi connectivity index (χ1n) is 12.4. The molecule has 1 aliphatic carbocycles. The van der Waals surface area contributed by atoms with E-state index in [9.17, 15) is 9.18 Å². The number of aromatic nitrogens is 1. The van der Waals surface area contributed by atoms with Crippen molar-refractivity contribution >= 4 is 32.8 Å². The first-order valence-corrected chi connectivity index (χ1v) is 13.3. The van der Waals surface area contributed by atoms with Crippen molar-refractivity contribution in [3.05, 3.63) is 59.9 Å². The Morgan fingerprint density at radius 1 is 1.11 bits per heavy atom. The van der Waals surface area contributed by atoms with Crippen LogP contribution in [-0.2, 0) is 11.3 Å². The van der Waals surface area contributed by atoms with Crippen LogP contribution in [0, 0.1) is 11.2 Å². The van der Waals surface area contributed by atoms with Gasteiger partial charge in [0.25, 0.3) is 0 Å². The van der Waals surface area contributed by atoms with E-state index >= 15 is 0 Å². The van der Waals surface area contributed by atoms with Crippen molar-refractivity contribution in [2.45, 2.75) is 51.4 Å². The summed E-state index contributed by atoms with van der Waals surface area (Å²) >= 11 is 1.57. The van der Waals surface area contributed by atoms with Crippen molar-refractivity contribution in [2.75, 3.05) is 31.1 Å². The monoisotopic (exact) mass is 494 g/mol. The van der Waals surface area contributed by atoms with Crippen LogP contribution < -0.4 is 4.90 Å². The van der Waals surface area contributed by atoms with Crippen LogP contribution in [0.15, 0.2) is 48.5 Å². The Morgan fingerprint density at radius 3 is 2.54 bits per heavy atom. The predicted octanol–water partition coefficient (Wildman–Crippen LogP) is 5.14. The van der Waals surface area contributed by atoms with Crippen molar-refractivity contribution in [2.24, 2.45) is 5.41 Å². The summed E-state index contributed by atoms with van der Waals surface area (Å²) in [6.07, 6.45) is 1.76. The molecule has 3 fully saturated rings. The molecule has 0 N–H and O–H groups in total. The topological polar surface area (TPSA) is 48.9 Å². The predicted molar refractivity (Wildman–Crippen MR) is 136 cm³/mol. The molecule has 2 atom stereocenters. The number of fused-ring (bicyclic) bond motifs is 1. The minimum Gasteiger partial charge on any atom is -0.446 e. The van der Waals surface area contributed by atoms with Crippen LogP contribution in [0.1, 0.15) is 32.3 Å². The minimum atomic E-state index is -0.271. The van der Waals surface area contributed by atoms with Crippen molar-refractivity contribution in [1.29, 1.82) is 0 Å². The Morgan fingerprint density at radius 2 is 1.83 bits per heavy atom. The van der Waals surface area contributed by atoms with Crippen LogP contribution >= 0.6 is 11.3 Å². The van der Waals surface area contributed by atoms with E-state index in [-0.39, 0.29) is 30.1 Å². The van der Waals surface area contributed by atoms with Gasteiger partial charge >= 0.3 is 6.09 Å². The number of hydrogen-bond acceptors (Lipinski definition) is 6. The molecule has 6 rings (SSSR count). The molecule has 0 bridgehead atoms. The average molecular weight is 495 g/mol. The molecule has 3 heterocycles. The first kappa shape index (κ1) is 22.7. The maximum Gasteiger partial charge on any atom is 0.410 e. The summed E-state index contributed by atoms with van der Waals surface area (Å²) in [5.41, 5.74) is 2.37. The number of rotatable bonds is 4. The highest BCUT2D eigenvalue weighted by Crippen LogP contribution is 2.50. The van der Waals surface area contributed by atoms with Gasteiger partial charge in [0.1, 0.15) is 11.9 Å². The van der Waals surface area contributed by atoms with Crippen molar-refractivity contribution in [3.63, 3.8) is 0 Å². The fourth-order valence-electron chi connectivity index (χ4n) is 6.17. The number of amides is 1. The summed E-state index contributed by atoms with van der Waals surface area (Å²) in [7, 11) is 0. The number of hydrogen-bond donors (Lipinski definition) is 0. The van der Waals surface area contributed by atoms with Crippen LogP contribution in [0.3, 0.4) is 0 Å². The zero-order valence-electron chi connectivity index (χ0n) is 20.2. The third kappa shape index (κ3) is 4.38. The van der Waals surface area contributed by atoms with Gasteiger partial charge in [-0.25, -0.2) is 14.2 Å². The van der Waals surface area contributed by atoms with Gasteiger partial charge in [-0.05, 0) is 44.4 Å². The molecule has 1 spiro atoms. The highest BCUT2D eigenvalue weighted by atomic mass is 32.1. The second-order valence-electron chi connectivity index (χ2n) is 10.7. The van der Waals surface area contributed by atoms with Gasteiger partial charge in [-0.15, -0.1) is 0 Å². The molecule has 0 radical (unpaired) electrons. The molecule has 35 heavy (non-hydrogen) atoms. The lowest BCUT2D eigenvalue weighted by molar-refractivity contribution is -0.137. The molecule has 2 saturated heterocycles. The van der Waals surface area contributed by atoms with Crippen LogP contribution in [0.25, 0.3) is 10.2 Å². The molecule has 6 nitrogen and oxygen atoms in total. The number of thiazole rings is 1. The number of likely N-dealkylation sites (tertiary alicyclic amines) is 1. The Hall–Kier alpha value is -2.71. The van der Waals surface area contributed by atoms with E-state index in [1.165, 1.54) is 17.7 Å².